The van der Waals surface area contributed by atoms with Gasteiger partial charge in [-0.25, -0.2) is 0 Å². The van der Waals surface area contributed by atoms with Crippen molar-refractivity contribution in [3.05, 3.63) is 59.7 Å². The van der Waals surface area contributed by atoms with Crippen molar-refractivity contribution in [3.63, 3.8) is 0 Å². The molecule has 0 saturated carbocycles. The minimum absolute atomic E-state index is 0.643. The summed E-state index contributed by atoms with van der Waals surface area (Å²) in [5.41, 5.74) is 2.68. The van der Waals surface area contributed by atoms with E-state index in [9.17, 15) is 0 Å². The first-order chi connectivity index (χ1) is 12.8. The van der Waals surface area contributed by atoms with Crippen LogP contribution in [0.4, 0.5) is 0 Å². The van der Waals surface area contributed by atoms with Gasteiger partial charge in [-0.15, -0.1) is 0 Å². The second kappa shape index (κ2) is 10.2. The highest BCUT2D eigenvalue weighted by Gasteiger charge is 2.14. The SMILES string of the molecule is COc1cccc(CCCCc2ccccc2OC[C@H]2CCCNC2)c1. The van der Waals surface area contributed by atoms with Gasteiger partial charge in [-0.05, 0) is 74.4 Å². The van der Waals surface area contributed by atoms with E-state index in [1.807, 2.05) is 6.07 Å². The van der Waals surface area contributed by atoms with Crippen LogP contribution >= 0.6 is 0 Å². The second-order valence-electron chi connectivity index (χ2n) is 7.19. The first kappa shape index (κ1) is 18.8. The summed E-state index contributed by atoms with van der Waals surface area (Å²) >= 11 is 0. The molecular formula is C23H31NO2. The molecule has 3 heteroatoms. The number of ether oxygens (including phenoxy) is 2. The molecule has 0 unspecified atom stereocenters. The van der Waals surface area contributed by atoms with E-state index in [-0.39, 0.29) is 0 Å². The number of aryl methyl sites for hydroxylation is 2. The Morgan fingerprint density at radius 3 is 2.77 bits per heavy atom. The molecule has 1 N–H and O–H groups in total. The summed E-state index contributed by atoms with van der Waals surface area (Å²) in [4.78, 5) is 0. The highest BCUT2D eigenvalue weighted by molar-refractivity contribution is 5.33. The van der Waals surface area contributed by atoms with Crippen molar-refractivity contribution < 1.29 is 9.47 Å². The van der Waals surface area contributed by atoms with E-state index < -0.39 is 0 Å². The smallest absolute Gasteiger partial charge is 0.122 e. The Balaban J connectivity index is 1.45. The quantitative estimate of drug-likeness (QED) is 0.666. The summed E-state index contributed by atoms with van der Waals surface area (Å²) in [5.74, 6) is 2.66. The van der Waals surface area contributed by atoms with Crippen LogP contribution in [0.2, 0.25) is 0 Å². The van der Waals surface area contributed by atoms with E-state index in [2.05, 4.69) is 47.8 Å². The summed E-state index contributed by atoms with van der Waals surface area (Å²) < 4.78 is 11.5. The number of hydrogen-bond donors (Lipinski definition) is 1. The van der Waals surface area contributed by atoms with Crippen molar-refractivity contribution >= 4 is 0 Å². The Hall–Kier alpha value is -2.00. The average Bonchev–Trinajstić information content (AvgIpc) is 2.71. The Morgan fingerprint density at radius 2 is 1.92 bits per heavy atom. The molecule has 3 nitrogen and oxygen atoms in total. The van der Waals surface area contributed by atoms with Gasteiger partial charge in [-0.3, -0.25) is 0 Å². The van der Waals surface area contributed by atoms with E-state index in [4.69, 9.17) is 9.47 Å². The monoisotopic (exact) mass is 353 g/mol. The van der Waals surface area contributed by atoms with E-state index >= 15 is 0 Å². The fourth-order valence-corrected chi connectivity index (χ4v) is 3.60. The van der Waals surface area contributed by atoms with Gasteiger partial charge in [0.05, 0.1) is 13.7 Å². The molecule has 1 atom stereocenters. The summed E-state index contributed by atoms with van der Waals surface area (Å²) in [6.07, 6.45) is 7.04. The first-order valence-electron chi connectivity index (χ1n) is 9.89. The number of hydrogen-bond acceptors (Lipinski definition) is 3. The van der Waals surface area contributed by atoms with Gasteiger partial charge in [0.15, 0.2) is 0 Å². The molecule has 1 heterocycles. The zero-order valence-electron chi connectivity index (χ0n) is 15.9. The molecule has 2 aromatic rings. The van der Waals surface area contributed by atoms with Gasteiger partial charge < -0.3 is 14.8 Å². The molecule has 0 amide bonds. The molecule has 0 spiro atoms. The molecule has 1 aliphatic rings. The summed E-state index contributed by atoms with van der Waals surface area (Å²) in [5, 5.41) is 3.46. The van der Waals surface area contributed by atoms with E-state index in [1.54, 1.807) is 7.11 Å². The predicted octanol–water partition coefficient (Wildman–Crippen LogP) is 4.64. The Morgan fingerprint density at radius 1 is 1.04 bits per heavy atom. The summed E-state index contributed by atoms with van der Waals surface area (Å²) in [6, 6.07) is 16.9. The van der Waals surface area contributed by atoms with Gasteiger partial charge in [0.25, 0.3) is 0 Å². The number of nitrogens with one attached hydrogen (secondary N) is 1. The number of benzene rings is 2. The average molecular weight is 354 g/mol. The van der Waals surface area contributed by atoms with Crippen molar-refractivity contribution in [2.75, 3.05) is 26.8 Å². The first-order valence-corrected chi connectivity index (χ1v) is 9.89. The van der Waals surface area contributed by atoms with Crippen molar-refractivity contribution in [3.8, 4) is 11.5 Å². The minimum Gasteiger partial charge on any atom is -0.497 e. The molecule has 2 aromatic carbocycles. The molecule has 1 saturated heterocycles. The van der Waals surface area contributed by atoms with Crippen molar-refractivity contribution in [2.24, 2.45) is 5.92 Å². The lowest BCUT2D eigenvalue weighted by atomic mass is 10.0. The molecule has 3 rings (SSSR count). The van der Waals surface area contributed by atoms with Crippen LogP contribution in [0.1, 0.15) is 36.8 Å². The molecule has 0 aliphatic carbocycles. The molecule has 0 aromatic heterocycles. The number of rotatable bonds is 9. The molecule has 0 bridgehead atoms. The van der Waals surface area contributed by atoms with E-state index in [0.717, 1.165) is 44.0 Å². The second-order valence-corrected chi connectivity index (χ2v) is 7.19. The van der Waals surface area contributed by atoms with Crippen LogP contribution in [0.25, 0.3) is 0 Å². The number of para-hydroxylation sites is 1. The van der Waals surface area contributed by atoms with Crippen LogP contribution in [0, 0.1) is 5.92 Å². The van der Waals surface area contributed by atoms with E-state index in [1.165, 1.54) is 36.8 Å². The standard InChI is InChI=1S/C23H31NO2/c1-25-22-13-6-9-19(16-22)8-2-3-11-21-12-4-5-14-23(21)26-18-20-10-7-15-24-17-20/h4-6,9,12-14,16,20,24H,2-3,7-8,10-11,15,17-18H2,1H3/t20-/m0/s1. The zero-order chi connectivity index (χ0) is 18.0. The lowest BCUT2D eigenvalue weighted by Gasteiger charge is -2.23. The molecule has 140 valence electrons. The molecular weight excluding hydrogens is 322 g/mol. The predicted molar refractivity (Wildman–Crippen MR) is 107 cm³/mol. The van der Waals surface area contributed by atoms with Gasteiger partial charge in [0.2, 0.25) is 0 Å². The number of methoxy groups -OCH3 is 1. The fraction of sp³-hybridized carbons (Fsp3) is 0.478. The van der Waals surface area contributed by atoms with Crippen LogP contribution in [0.3, 0.4) is 0 Å². The Bertz CT molecular complexity index is 665. The van der Waals surface area contributed by atoms with E-state index in [0.29, 0.717) is 5.92 Å². The maximum atomic E-state index is 6.17. The third kappa shape index (κ3) is 5.77. The molecule has 1 fully saturated rings. The lowest BCUT2D eigenvalue weighted by Crippen LogP contribution is -2.33. The van der Waals surface area contributed by atoms with Crippen molar-refractivity contribution in [1.29, 1.82) is 0 Å². The van der Waals surface area contributed by atoms with Gasteiger partial charge >= 0.3 is 0 Å². The highest BCUT2D eigenvalue weighted by Crippen LogP contribution is 2.23. The number of unbranched alkanes of at least 4 members (excludes halogenated alkanes) is 1. The summed E-state index contributed by atoms with van der Waals surface area (Å²) in [6.45, 7) is 3.07. The maximum absolute atomic E-state index is 6.17. The van der Waals surface area contributed by atoms with Crippen LogP contribution in [-0.4, -0.2) is 26.8 Å². The van der Waals surface area contributed by atoms with Crippen LogP contribution in [0.15, 0.2) is 48.5 Å². The van der Waals surface area contributed by atoms with Crippen molar-refractivity contribution in [2.45, 2.75) is 38.5 Å². The van der Waals surface area contributed by atoms with Crippen LogP contribution < -0.4 is 14.8 Å². The van der Waals surface area contributed by atoms with Gasteiger partial charge in [0, 0.05) is 12.5 Å². The minimum atomic E-state index is 0.643. The normalized spacial score (nSPS) is 17.0. The largest absolute Gasteiger partial charge is 0.497 e. The third-order valence-electron chi connectivity index (χ3n) is 5.14. The zero-order valence-corrected chi connectivity index (χ0v) is 15.9. The van der Waals surface area contributed by atoms with Crippen LogP contribution in [-0.2, 0) is 12.8 Å². The van der Waals surface area contributed by atoms with Crippen LogP contribution in [0.5, 0.6) is 11.5 Å². The Labute approximate surface area is 157 Å². The maximum Gasteiger partial charge on any atom is 0.122 e. The molecule has 0 radical (unpaired) electrons. The number of piperidine rings is 1. The topological polar surface area (TPSA) is 30.5 Å². The van der Waals surface area contributed by atoms with Gasteiger partial charge in [-0.2, -0.15) is 0 Å². The molecule has 26 heavy (non-hydrogen) atoms. The molecule has 1 aliphatic heterocycles. The van der Waals surface area contributed by atoms with Gasteiger partial charge in [0.1, 0.15) is 11.5 Å². The lowest BCUT2D eigenvalue weighted by molar-refractivity contribution is 0.217. The van der Waals surface area contributed by atoms with Crippen molar-refractivity contribution in [1.82, 2.24) is 5.32 Å². The fourth-order valence-electron chi connectivity index (χ4n) is 3.60. The summed E-state index contributed by atoms with van der Waals surface area (Å²) in [7, 11) is 1.72. The van der Waals surface area contributed by atoms with Gasteiger partial charge in [-0.1, -0.05) is 30.3 Å². The third-order valence-corrected chi connectivity index (χ3v) is 5.14. The Kier molecular flexibility index (Phi) is 7.38. The highest BCUT2D eigenvalue weighted by atomic mass is 16.5.